The van der Waals surface area contributed by atoms with Gasteiger partial charge in [-0.25, -0.2) is 0 Å². The van der Waals surface area contributed by atoms with Crippen LogP contribution in [0.1, 0.15) is 0 Å². The van der Waals surface area contributed by atoms with E-state index < -0.39 is 0 Å². The summed E-state index contributed by atoms with van der Waals surface area (Å²) >= 11 is 0. The molecule has 0 N–H and O–H groups in total. The summed E-state index contributed by atoms with van der Waals surface area (Å²) in [5.74, 6) is 0. The van der Waals surface area contributed by atoms with Gasteiger partial charge < -0.3 is 9.80 Å². The lowest BCUT2D eigenvalue weighted by atomic mass is 9.85. The SMILES string of the molecule is c1ccc(-c2ccccc2N(c2ccccc2)c2cc(-c3ccccc3)c3ccc4c(N(c5ccccc5)c5ccccc5-c5ccccc5)cc(-c5ccccc5)c5ccc2c3c54)cc1. The van der Waals surface area contributed by atoms with E-state index in [0.717, 1.165) is 45.3 Å². The average molecular weight is 841 g/mol. The molecule has 0 radical (unpaired) electrons. The highest BCUT2D eigenvalue weighted by atomic mass is 15.2. The molecule has 0 fully saturated rings. The van der Waals surface area contributed by atoms with Gasteiger partial charge in [-0.05, 0) is 92.7 Å². The Kier molecular flexibility index (Phi) is 9.89. The van der Waals surface area contributed by atoms with Crippen LogP contribution in [-0.2, 0) is 0 Å². The fourth-order valence-corrected chi connectivity index (χ4v) is 10.1. The van der Waals surface area contributed by atoms with Gasteiger partial charge in [-0.2, -0.15) is 0 Å². The molecule has 0 aliphatic carbocycles. The van der Waals surface area contributed by atoms with E-state index in [2.05, 4.69) is 277 Å². The standard InChI is InChI=1S/C64H44N2/c1-7-23-45(24-8-1)51-35-19-21-37-59(51)65(49-31-15-5-16-32-49)61-43-57(47-27-11-3-12-28-47)53-40-42-56-62(44-58(48-29-13-4-14-30-48)54-39-41-55(61)63(53)64(54)56)66(50-33-17-6-18-34-50)60-38-22-20-36-52(60)46-25-9-2-10-26-46/h1-44H. The maximum absolute atomic E-state index is 2.48. The monoisotopic (exact) mass is 840 g/mol. The van der Waals surface area contributed by atoms with Gasteiger partial charge in [-0.3, -0.25) is 0 Å². The minimum absolute atomic E-state index is 1.09. The summed E-state index contributed by atoms with van der Waals surface area (Å²) < 4.78 is 0. The van der Waals surface area contributed by atoms with E-state index in [-0.39, 0.29) is 0 Å². The molecule has 12 rings (SSSR count). The molecule has 310 valence electrons. The number of nitrogens with zero attached hydrogens (tertiary/aromatic N) is 2. The molecule has 0 spiro atoms. The Morgan fingerprint density at radius 3 is 0.818 bits per heavy atom. The molecule has 0 saturated carbocycles. The van der Waals surface area contributed by atoms with Gasteiger partial charge in [0.15, 0.2) is 0 Å². The molecule has 0 unspecified atom stereocenters. The van der Waals surface area contributed by atoms with Crippen LogP contribution in [-0.4, -0.2) is 0 Å². The van der Waals surface area contributed by atoms with Crippen LogP contribution in [0.5, 0.6) is 0 Å². The normalized spacial score (nSPS) is 11.3. The molecular weight excluding hydrogens is 797 g/mol. The second-order valence-electron chi connectivity index (χ2n) is 16.8. The fraction of sp³-hybridized carbons (Fsp3) is 0. The molecule has 12 aromatic carbocycles. The van der Waals surface area contributed by atoms with Crippen molar-refractivity contribution in [1.29, 1.82) is 0 Å². The Balaban J connectivity index is 1.24. The lowest BCUT2D eigenvalue weighted by Gasteiger charge is -2.32. The van der Waals surface area contributed by atoms with Crippen LogP contribution >= 0.6 is 0 Å². The van der Waals surface area contributed by atoms with Crippen molar-refractivity contribution in [3.8, 4) is 44.5 Å². The second kappa shape index (κ2) is 16.8. The summed E-state index contributed by atoms with van der Waals surface area (Å²) in [7, 11) is 0. The van der Waals surface area contributed by atoms with Crippen molar-refractivity contribution in [1.82, 2.24) is 0 Å². The molecule has 0 aliphatic rings. The largest absolute Gasteiger partial charge is 0.309 e. The lowest BCUT2D eigenvalue weighted by Crippen LogP contribution is -2.13. The van der Waals surface area contributed by atoms with Crippen molar-refractivity contribution in [3.05, 3.63) is 267 Å². The van der Waals surface area contributed by atoms with Crippen molar-refractivity contribution in [2.24, 2.45) is 0 Å². The number of hydrogen-bond acceptors (Lipinski definition) is 2. The molecule has 0 aromatic heterocycles. The van der Waals surface area contributed by atoms with E-state index in [4.69, 9.17) is 0 Å². The quantitative estimate of drug-likeness (QED) is 0.127. The highest BCUT2D eigenvalue weighted by molar-refractivity contribution is 6.32. The highest BCUT2D eigenvalue weighted by Gasteiger charge is 2.27. The van der Waals surface area contributed by atoms with Crippen molar-refractivity contribution < 1.29 is 0 Å². The maximum atomic E-state index is 2.48. The molecule has 0 heterocycles. The topological polar surface area (TPSA) is 6.48 Å². The fourth-order valence-electron chi connectivity index (χ4n) is 10.1. The Morgan fingerprint density at radius 1 is 0.197 bits per heavy atom. The third-order valence-electron chi connectivity index (χ3n) is 13.0. The molecule has 2 nitrogen and oxygen atoms in total. The van der Waals surface area contributed by atoms with Gasteiger partial charge in [0.25, 0.3) is 0 Å². The van der Waals surface area contributed by atoms with Gasteiger partial charge in [0, 0.05) is 44.0 Å². The predicted octanol–water partition coefficient (Wildman–Crippen LogP) is 18.2. The zero-order valence-corrected chi connectivity index (χ0v) is 36.3. The maximum Gasteiger partial charge on any atom is 0.0547 e. The molecule has 0 aliphatic heterocycles. The summed E-state index contributed by atoms with van der Waals surface area (Å²) in [5.41, 5.74) is 16.0. The van der Waals surface area contributed by atoms with E-state index in [0.29, 0.717) is 0 Å². The first-order valence-corrected chi connectivity index (χ1v) is 22.7. The summed E-state index contributed by atoms with van der Waals surface area (Å²) in [6.45, 7) is 0. The first kappa shape index (κ1) is 38.9. The third kappa shape index (κ3) is 6.75. The Labute approximate surface area is 385 Å². The minimum Gasteiger partial charge on any atom is -0.309 e. The van der Waals surface area contributed by atoms with Crippen molar-refractivity contribution in [2.75, 3.05) is 9.80 Å². The van der Waals surface area contributed by atoms with Crippen molar-refractivity contribution in [2.45, 2.75) is 0 Å². The minimum atomic E-state index is 1.09. The van der Waals surface area contributed by atoms with Crippen LogP contribution in [0.2, 0.25) is 0 Å². The molecule has 0 atom stereocenters. The van der Waals surface area contributed by atoms with E-state index in [1.807, 2.05) is 0 Å². The number of anilines is 6. The zero-order chi connectivity index (χ0) is 43.8. The van der Waals surface area contributed by atoms with E-state index in [9.17, 15) is 0 Å². The molecule has 2 heteroatoms. The van der Waals surface area contributed by atoms with Gasteiger partial charge in [-0.15, -0.1) is 0 Å². The summed E-state index contributed by atoms with van der Waals surface area (Å²) in [6.07, 6.45) is 0. The highest BCUT2D eigenvalue weighted by Crippen LogP contribution is 2.53. The van der Waals surface area contributed by atoms with E-state index >= 15 is 0 Å². The first-order chi connectivity index (χ1) is 32.8. The molecule has 66 heavy (non-hydrogen) atoms. The molecular formula is C64H44N2. The molecule has 0 bridgehead atoms. The lowest BCUT2D eigenvalue weighted by molar-refractivity contribution is 1.30. The third-order valence-corrected chi connectivity index (χ3v) is 13.0. The Morgan fingerprint density at radius 2 is 0.470 bits per heavy atom. The predicted molar refractivity (Wildman–Crippen MR) is 281 cm³/mol. The van der Waals surface area contributed by atoms with Gasteiger partial charge >= 0.3 is 0 Å². The average Bonchev–Trinajstić information content (AvgIpc) is 3.40. The molecule has 0 saturated heterocycles. The van der Waals surface area contributed by atoms with Crippen molar-refractivity contribution in [3.63, 3.8) is 0 Å². The van der Waals surface area contributed by atoms with Crippen LogP contribution < -0.4 is 9.80 Å². The Hall–Kier alpha value is -8.72. The summed E-state index contributed by atoms with van der Waals surface area (Å²) in [4.78, 5) is 4.96. The molecule has 0 amide bonds. The van der Waals surface area contributed by atoms with Crippen LogP contribution in [0.3, 0.4) is 0 Å². The first-order valence-electron chi connectivity index (χ1n) is 22.7. The van der Waals surface area contributed by atoms with Crippen LogP contribution in [0.4, 0.5) is 34.1 Å². The van der Waals surface area contributed by atoms with Crippen LogP contribution in [0.25, 0.3) is 76.8 Å². The Bertz CT molecular complexity index is 3370. The van der Waals surface area contributed by atoms with Gasteiger partial charge in [0.2, 0.25) is 0 Å². The number of benzene rings is 12. The van der Waals surface area contributed by atoms with E-state index in [1.165, 1.54) is 65.7 Å². The second-order valence-corrected chi connectivity index (χ2v) is 16.8. The van der Waals surface area contributed by atoms with Gasteiger partial charge in [-0.1, -0.05) is 218 Å². The van der Waals surface area contributed by atoms with E-state index in [1.54, 1.807) is 0 Å². The smallest absolute Gasteiger partial charge is 0.0547 e. The number of hydrogen-bond donors (Lipinski definition) is 0. The zero-order valence-electron chi connectivity index (χ0n) is 36.3. The molecule has 12 aromatic rings. The number of para-hydroxylation sites is 4. The summed E-state index contributed by atoms with van der Waals surface area (Å²) in [5, 5.41) is 7.28. The van der Waals surface area contributed by atoms with Gasteiger partial charge in [0.05, 0.1) is 22.7 Å². The van der Waals surface area contributed by atoms with Crippen LogP contribution in [0, 0.1) is 0 Å². The summed E-state index contributed by atoms with van der Waals surface area (Å²) in [6, 6.07) is 97.1. The number of rotatable bonds is 10. The van der Waals surface area contributed by atoms with Gasteiger partial charge in [0.1, 0.15) is 0 Å². The van der Waals surface area contributed by atoms with Crippen molar-refractivity contribution >= 4 is 66.4 Å². The van der Waals surface area contributed by atoms with Crippen LogP contribution in [0.15, 0.2) is 267 Å².